The summed E-state index contributed by atoms with van der Waals surface area (Å²) >= 11 is 0. The second-order valence-corrected chi connectivity index (χ2v) is 12.1. The van der Waals surface area contributed by atoms with E-state index in [0.29, 0.717) is 45.5 Å². The number of nitrogens with one attached hydrogen (secondary N) is 1. The van der Waals surface area contributed by atoms with Crippen LogP contribution in [-0.2, 0) is 33.3 Å². The molecule has 0 aliphatic rings. The fraction of sp³-hybridized carbons (Fsp3) is 0.879. The monoisotopic (exact) mass is 600 g/mol. The van der Waals surface area contributed by atoms with E-state index in [0.717, 1.165) is 25.8 Å². The van der Waals surface area contributed by atoms with E-state index in [1.165, 1.54) is 6.92 Å². The van der Waals surface area contributed by atoms with Crippen LogP contribution in [0.1, 0.15) is 121 Å². The van der Waals surface area contributed by atoms with Gasteiger partial charge in [0, 0.05) is 38.3 Å². The van der Waals surface area contributed by atoms with Crippen molar-refractivity contribution in [3.63, 3.8) is 0 Å². The summed E-state index contributed by atoms with van der Waals surface area (Å²) in [5.74, 6) is 0.0460. The fourth-order valence-electron chi connectivity index (χ4n) is 3.89. The van der Waals surface area contributed by atoms with Crippen LogP contribution in [0.15, 0.2) is 4.99 Å². The lowest BCUT2D eigenvalue weighted by Crippen LogP contribution is -2.42. The summed E-state index contributed by atoms with van der Waals surface area (Å²) in [6.07, 6.45) is 5.94. The van der Waals surface area contributed by atoms with Crippen LogP contribution in [-0.4, -0.2) is 86.6 Å². The van der Waals surface area contributed by atoms with E-state index < -0.39 is 0 Å². The zero-order valence-corrected chi connectivity index (χ0v) is 28.8. The Labute approximate surface area is 257 Å². The van der Waals surface area contributed by atoms with Gasteiger partial charge < -0.3 is 24.3 Å². The summed E-state index contributed by atoms with van der Waals surface area (Å²) in [4.78, 5) is 40.0. The van der Waals surface area contributed by atoms with Gasteiger partial charge in [0.25, 0.3) is 0 Å². The van der Waals surface area contributed by atoms with Crippen LogP contribution < -0.4 is 5.32 Å². The smallest absolute Gasteiger partial charge is 0.220 e. The van der Waals surface area contributed by atoms with Gasteiger partial charge in [-0.25, -0.2) is 0 Å². The van der Waals surface area contributed by atoms with Gasteiger partial charge in [0.2, 0.25) is 5.91 Å². The third kappa shape index (κ3) is 26.0. The van der Waals surface area contributed by atoms with Crippen LogP contribution in [0.5, 0.6) is 0 Å². The van der Waals surface area contributed by atoms with E-state index in [4.69, 9.17) is 18.9 Å². The highest BCUT2D eigenvalue weighted by Gasteiger charge is 2.29. The third-order valence-electron chi connectivity index (χ3n) is 6.33. The van der Waals surface area contributed by atoms with Crippen molar-refractivity contribution in [3.05, 3.63) is 0 Å². The number of ether oxygens (including phenoxy) is 4. The summed E-state index contributed by atoms with van der Waals surface area (Å²) in [6.45, 7) is 24.0. The molecule has 1 amide bonds. The molecule has 2 atom stereocenters. The lowest BCUT2D eigenvalue weighted by Gasteiger charge is -2.36. The highest BCUT2D eigenvalue weighted by molar-refractivity contribution is 5.80. The normalized spacial score (nSPS) is 13.5. The number of hydrogen-bond donors (Lipinski definition) is 1. The summed E-state index contributed by atoms with van der Waals surface area (Å²) < 4.78 is 23.6. The summed E-state index contributed by atoms with van der Waals surface area (Å²) in [5, 5.41) is 2.96. The Kier molecular flexibility index (Phi) is 25.0. The molecule has 0 spiro atoms. The van der Waals surface area contributed by atoms with Crippen molar-refractivity contribution in [2.75, 3.05) is 39.6 Å². The number of amides is 1. The minimum absolute atomic E-state index is 0.0285. The van der Waals surface area contributed by atoms with Gasteiger partial charge in [-0.1, -0.05) is 34.6 Å². The average Bonchev–Trinajstić information content (AvgIpc) is 2.90. The van der Waals surface area contributed by atoms with Gasteiger partial charge in [0.05, 0.1) is 49.8 Å². The van der Waals surface area contributed by atoms with Crippen molar-refractivity contribution in [1.82, 2.24) is 5.32 Å². The molecule has 42 heavy (non-hydrogen) atoms. The molecule has 0 radical (unpaired) electrons. The number of aliphatic imine (C=N–C) groups is 1. The fourth-order valence-corrected chi connectivity index (χ4v) is 3.89. The molecule has 9 heteroatoms. The molecule has 0 aromatic carbocycles. The van der Waals surface area contributed by atoms with Gasteiger partial charge in [-0.05, 0) is 73.4 Å². The predicted octanol–water partition coefficient (Wildman–Crippen LogP) is 6.15. The van der Waals surface area contributed by atoms with Gasteiger partial charge in [-0.2, -0.15) is 0 Å². The van der Waals surface area contributed by atoms with E-state index in [1.807, 2.05) is 40.8 Å². The van der Waals surface area contributed by atoms with Crippen molar-refractivity contribution in [3.8, 4) is 0 Å². The van der Waals surface area contributed by atoms with Gasteiger partial charge in [0.15, 0.2) is 0 Å². The molecule has 0 heterocycles. The van der Waals surface area contributed by atoms with Crippen molar-refractivity contribution in [1.29, 1.82) is 0 Å². The van der Waals surface area contributed by atoms with Crippen molar-refractivity contribution >= 4 is 23.7 Å². The largest absolute Gasteiger partial charge is 0.379 e. The van der Waals surface area contributed by atoms with Gasteiger partial charge >= 0.3 is 0 Å². The standard InChI is InChI=1S/C31H58N2O7.C2H6/c1-10-17-32-18-15-30(6,7)40-31(8,9)16-21-39-26(5)11-12-29(36)33-27(22-37-19-13-25(4)34)23-38-20-14-28(35)24(2)3;1-2/h17,24,26-27H,10-16,18-23H2,1-9H3,(H,33,36);1-2H3. The Morgan fingerprint density at radius 2 is 1.43 bits per heavy atom. The first-order valence-corrected chi connectivity index (χ1v) is 15.9. The topological polar surface area (TPSA) is 113 Å². The van der Waals surface area contributed by atoms with Crippen molar-refractivity contribution in [2.24, 2.45) is 10.9 Å². The molecule has 0 saturated heterocycles. The molecule has 248 valence electrons. The molecule has 0 aromatic heterocycles. The average molecular weight is 601 g/mol. The highest BCUT2D eigenvalue weighted by Crippen LogP contribution is 2.26. The molecule has 0 aliphatic heterocycles. The van der Waals surface area contributed by atoms with E-state index in [2.05, 4.69) is 44.9 Å². The number of Topliss-reactive ketones (excluding diaryl/α,β-unsaturated/α-hetero) is 2. The van der Waals surface area contributed by atoms with Crippen LogP contribution in [0.4, 0.5) is 0 Å². The highest BCUT2D eigenvalue weighted by atomic mass is 16.5. The quantitative estimate of drug-likeness (QED) is 0.0989. The van der Waals surface area contributed by atoms with Gasteiger partial charge in [0.1, 0.15) is 11.6 Å². The van der Waals surface area contributed by atoms with E-state index in [9.17, 15) is 14.4 Å². The van der Waals surface area contributed by atoms with Crippen LogP contribution in [0.2, 0.25) is 0 Å². The molecule has 1 N–H and O–H groups in total. The van der Waals surface area contributed by atoms with Crippen molar-refractivity contribution in [2.45, 2.75) is 144 Å². The maximum absolute atomic E-state index is 12.6. The minimum Gasteiger partial charge on any atom is -0.379 e. The number of carbonyl (C=O) groups excluding carboxylic acids is 3. The summed E-state index contributed by atoms with van der Waals surface area (Å²) in [6, 6.07) is -0.362. The predicted molar refractivity (Wildman–Crippen MR) is 171 cm³/mol. The van der Waals surface area contributed by atoms with E-state index in [-0.39, 0.29) is 60.0 Å². The van der Waals surface area contributed by atoms with E-state index in [1.54, 1.807) is 0 Å². The number of ketones is 2. The maximum atomic E-state index is 12.6. The SMILES string of the molecule is CC.CCC=NCCC(C)(C)OC(C)(C)CCOC(C)CCC(=O)NC(COCCC(C)=O)COCCC(=O)C(C)C. The second-order valence-electron chi connectivity index (χ2n) is 12.1. The number of rotatable bonds is 25. The number of hydrogen-bond acceptors (Lipinski definition) is 8. The molecule has 0 fully saturated rings. The molecule has 0 aromatic rings. The van der Waals surface area contributed by atoms with Gasteiger partial charge in [-0.3, -0.25) is 19.4 Å². The zero-order valence-electron chi connectivity index (χ0n) is 28.8. The van der Waals surface area contributed by atoms with Crippen LogP contribution in [0.25, 0.3) is 0 Å². The molecular formula is C33H64N2O7. The van der Waals surface area contributed by atoms with Crippen molar-refractivity contribution < 1.29 is 33.3 Å². The Balaban J connectivity index is 0. The molecule has 0 aliphatic carbocycles. The van der Waals surface area contributed by atoms with Crippen LogP contribution in [0.3, 0.4) is 0 Å². The first-order valence-electron chi connectivity index (χ1n) is 15.9. The molecular weight excluding hydrogens is 536 g/mol. The lowest BCUT2D eigenvalue weighted by molar-refractivity contribution is -0.137. The number of carbonyl (C=O) groups is 3. The Hall–Kier alpha value is -1.68. The van der Waals surface area contributed by atoms with Crippen LogP contribution in [0, 0.1) is 5.92 Å². The Morgan fingerprint density at radius 3 is 1.98 bits per heavy atom. The zero-order chi connectivity index (χ0) is 32.6. The second kappa shape index (κ2) is 24.7. The Bertz CT molecular complexity index is 751. The molecule has 0 bridgehead atoms. The Morgan fingerprint density at radius 1 is 0.857 bits per heavy atom. The first-order chi connectivity index (χ1) is 19.7. The summed E-state index contributed by atoms with van der Waals surface area (Å²) in [7, 11) is 0. The number of nitrogens with zero attached hydrogens (tertiary/aromatic N) is 1. The van der Waals surface area contributed by atoms with E-state index >= 15 is 0 Å². The molecule has 2 unspecified atom stereocenters. The summed E-state index contributed by atoms with van der Waals surface area (Å²) in [5.41, 5.74) is -0.622. The first kappa shape index (κ1) is 42.5. The molecule has 0 saturated carbocycles. The third-order valence-corrected chi connectivity index (χ3v) is 6.33. The molecule has 0 rings (SSSR count). The van der Waals surface area contributed by atoms with Crippen LogP contribution >= 0.6 is 0 Å². The lowest BCUT2D eigenvalue weighted by atomic mass is 10.00. The molecule has 9 nitrogen and oxygen atoms in total. The maximum Gasteiger partial charge on any atom is 0.220 e. The van der Waals surface area contributed by atoms with Gasteiger partial charge in [-0.15, -0.1) is 0 Å². The minimum atomic E-state index is -0.362.